The molecule has 0 aliphatic heterocycles. The van der Waals surface area contributed by atoms with Crippen molar-refractivity contribution in [2.24, 2.45) is 0 Å². The molecule has 0 spiro atoms. The quantitative estimate of drug-likeness (QED) is 0.738. The number of hydrogen-bond donors (Lipinski definition) is 0. The van der Waals surface area contributed by atoms with E-state index >= 15 is 0 Å². The van der Waals surface area contributed by atoms with Crippen LogP contribution in [0.3, 0.4) is 0 Å². The van der Waals surface area contributed by atoms with Crippen molar-refractivity contribution in [3.8, 4) is 6.07 Å². The van der Waals surface area contributed by atoms with Crippen LogP contribution in [0.1, 0.15) is 39.0 Å². The summed E-state index contributed by atoms with van der Waals surface area (Å²) in [5, 5.41) is 8.44. The summed E-state index contributed by atoms with van der Waals surface area (Å²) in [6, 6.07) is 1.38. The van der Waals surface area contributed by atoms with Gasteiger partial charge in [-0.25, -0.2) is 8.42 Å². The molecule has 0 aromatic rings. The highest BCUT2D eigenvalue weighted by Gasteiger charge is 2.33. The highest BCUT2D eigenvalue weighted by Crippen LogP contribution is 2.26. The fourth-order valence-corrected chi connectivity index (χ4v) is 3.79. The maximum atomic E-state index is 12.1. The minimum Gasteiger partial charge on any atom is -0.212 e. The van der Waals surface area contributed by atoms with E-state index in [0.29, 0.717) is 0 Å². The monoisotopic (exact) mass is 230 g/mol. The first-order chi connectivity index (χ1) is 7.00. The van der Waals surface area contributed by atoms with Gasteiger partial charge in [-0.1, -0.05) is 19.3 Å². The summed E-state index contributed by atoms with van der Waals surface area (Å²) in [6.07, 6.45) is 4.58. The average Bonchev–Trinajstić information content (AvgIpc) is 2.28. The molecule has 0 aromatic carbocycles. The molecule has 0 aromatic heterocycles. The van der Waals surface area contributed by atoms with Crippen LogP contribution >= 0.6 is 0 Å². The van der Waals surface area contributed by atoms with Crippen molar-refractivity contribution < 1.29 is 8.42 Å². The first-order valence-electron chi connectivity index (χ1n) is 5.36. The molecule has 1 unspecified atom stereocenters. The second-order valence-corrected chi connectivity index (χ2v) is 6.40. The molecule has 1 rings (SSSR count). The van der Waals surface area contributed by atoms with E-state index in [9.17, 15) is 8.42 Å². The van der Waals surface area contributed by atoms with E-state index in [-0.39, 0.29) is 5.25 Å². The Morgan fingerprint density at radius 2 is 1.87 bits per heavy atom. The van der Waals surface area contributed by atoms with Crippen LogP contribution in [0.25, 0.3) is 0 Å². The topological polar surface area (TPSA) is 61.2 Å². The molecule has 0 saturated heterocycles. The van der Waals surface area contributed by atoms with E-state index < -0.39 is 16.1 Å². The zero-order valence-corrected chi connectivity index (χ0v) is 10.1. The van der Waals surface area contributed by atoms with Gasteiger partial charge in [-0.05, 0) is 19.8 Å². The van der Waals surface area contributed by atoms with Crippen molar-refractivity contribution in [1.29, 1.82) is 5.26 Å². The normalized spacial score (nSPS) is 21.2. The van der Waals surface area contributed by atoms with E-state index in [1.54, 1.807) is 6.92 Å². The average molecular weight is 230 g/mol. The minimum atomic E-state index is -3.26. The van der Waals surface area contributed by atoms with Gasteiger partial charge in [0, 0.05) is 7.05 Å². The summed E-state index contributed by atoms with van der Waals surface area (Å²) in [4.78, 5) is 0. The fraction of sp³-hybridized carbons (Fsp3) is 0.900. The van der Waals surface area contributed by atoms with Crippen molar-refractivity contribution in [2.45, 2.75) is 50.3 Å². The second kappa shape index (κ2) is 4.95. The molecule has 1 atom stereocenters. The van der Waals surface area contributed by atoms with Gasteiger partial charge in [-0.3, -0.25) is 0 Å². The first-order valence-corrected chi connectivity index (χ1v) is 6.87. The van der Waals surface area contributed by atoms with Gasteiger partial charge in [-0.2, -0.15) is 9.57 Å². The third kappa shape index (κ3) is 2.70. The molecular weight excluding hydrogens is 212 g/mol. The number of nitrogens with zero attached hydrogens (tertiary/aromatic N) is 2. The van der Waals surface area contributed by atoms with Gasteiger partial charge in [0.25, 0.3) is 0 Å². The fourth-order valence-electron chi connectivity index (χ4n) is 1.90. The van der Waals surface area contributed by atoms with Crippen LogP contribution in [-0.2, 0) is 10.0 Å². The van der Waals surface area contributed by atoms with Crippen LogP contribution in [0.15, 0.2) is 0 Å². The van der Waals surface area contributed by atoms with Crippen LogP contribution in [0, 0.1) is 11.3 Å². The zero-order valence-electron chi connectivity index (χ0n) is 9.31. The lowest BCUT2D eigenvalue weighted by molar-refractivity contribution is 0.408. The maximum Gasteiger partial charge on any atom is 0.217 e. The zero-order chi connectivity index (χ0) is 11.5. The Hall–Kier alpha value is -0.600. The van der Waals surface area contributed by atoms with E-state index in [4.69, 9.17) is 5.26 Å². The Morgan fingerprint density at radius 3 is 2.33 bits per heavy atom. The first kappa shape index (κ1) is 12.5. The predicted octanol–water partition coefficient (Wildman–Crippen LogP) is 1.49. The number of nitriles is 1. The molecule has 1 aliphatic rings. The van der Waals surface area contributed by atoms with Gasteiger partial charge in [0.15, 0.2) is 0 Å². The lowest BCUT2D eigenvalue weighted by atomic mass is 10.0. The number of hydrogen-bond acceptors (Lipinski definition) is 3. The molecule has 1 aliphatic carbocycles. The summed E-state index contributed by atoms with van der Waals surface area (Å²) < 4.78 is 25.3. The van der Waals surface area contributed by atoms with Crippen LogP contribution in [0.5, 0.6) is 0 Å². The summed E-state index contributed by atoms with van der Waals surface area (Å²) in [5.41, 5.74) is 0. The molecular formula is C10H18N2O2S. The lowest BCUT2D eigenvalue weighted by Gasteiger charge is -2.28. The minimum absolute atomic E-state index is 0.271. The Morgan fingerprint density at radius 1 is 1.33 bits per heavy atom. The summed E-state index contributed by atoms with van der Waals surface area (Å²) in [7, 11) is -1.76. The second-order valence-electron chi connectivity index (χ2n) is 4.13. The summed E-state index contributed by atoms with van der Waals surface area (Å²) >= 11 is 0. The molecule has 86 valence electrons. The lowest BCUT2D eigenvalue weighted by Crippen LogP contribution is -2.41. The van der Waals surface area contributed by atoms with Gasteiger partial charge in [-0.15, -0.1) is 0 Å². The van der Waals surface area contributed by atoms with Crippen LogP contribution in [-0.4, -0.2) is 31.1 Å². The highest BCUT2D eigenvalue weighted by atomic mass is 32.2. The third-order valence-electron chi connectivity index (χ3n) is 3.11. The predicted molar refractivity (Wildman–Crippen MR) is 58.6 cm³/mol. The molecule has 0 heterocycles. The van der Waals surface area contributed by atoms with E-state index in [0.717, 1.165) is 32.1 Å². The molecule has 1 fully saturated rings. The molecule has 0 amide bonds. The molecule has 0 N–H and O–H groups in total. The molecule has 4 nitrogen and oxygen atoms in total. The highest BCUT2D eigenvalue weighted by molar-refractivity contribution is 7.89. The largest absolute Gasteiger partial charge is 0.217 e. The summed E-state index contributed by atoms with van der Waals surface area (Å²) in [5.74, 6) is 0. The molecule has 0 radical (unpaired) electrons. The Balaban J connectivity index is 2.77. The van der Waals surface area contributed by atoms with Crippen LogP contribution < -0.4 is 0 Å². The molecule has 5 heteroatoms. The van der Waals surface area contributed by atoms with Gasteiger partial charge in [0.05, 0.1) is 11.3 Å². The van der Waals surface area contributed by atoms with Crippen molar-refractivity contribution >= 4 is 10.0 Å². The van der Waals surface area contributed by atoms with Crippen molar-refractivity contribution in [3.63, 3.8) is 0 Å². The van der Waals surface area contributed by atoms with Crippen molar-refractivity contribution in [3.05, 3.63) is 0 Å². The Labute approximate surface area is 91.9 Å². The van der Waals surface area contributed by atoms with Crippen molar-refractivity contribution in [2.75, 3.05) is 7.05 Å². The van der Waals surface area contributed by atoms with Crippen molar-refractivity contribution in [1.82, 2.24) is 4.31 Å². The van der Waals surface area contributed by atoms with Gasteiger partial charge >= 0.3 is 0 Å². The molecule has 15 heavy (non-hydrogen) atoms. The van der Waals surface area contributed by atoms with Crippen LogP contribution in [0.2, 0.25) is 0 Å². The van der Waals surface area contributed by atoms with E-state index in [1.165, 1.54) is 11.4 Å². The number of rotatable bonds is 3. The Bertz CT molecular complexity index is 339. The SMILES string of the molecule is CC(C#N)N(C)S(=O)(=O)C1CCCCC1. The van der Waals surface area contributed by atoms with Gasteiger partial charge < -0.3 is 0 Å². The Kier molecular flexibility index (Phi) is 4.12. The van der Waals surface area contributed by atoms with Crippen LogP contribution in [0.4, 0.5) is 0 Å². The van der Waals surface area contributed by atoms with Gasteiger partial charge in [0.2, 0.25) is 10.0 Å². The number of sulfonamides is 1. The third-order valence-corrected chi connectivity index (χ3v) is 5.54. The van der Waals surface area contributed by atoms with E-state index in [2.05, 4.69) is 0 Å². The molecule has 0 bridgehead atoms. The summed E-state index contributed by atoms with van der Waals surface area (Å²) in [6.45, 7) is 1.61. The van der Waals surface area contributed by atoms with Gasteiger partial charge in [0.1, 0.15) is 6.04 Å². The van der Waals surface area contributed by atoms with E-state index in [1.807, 2.05) is 6.07 Å². The smallest absolute Gasteiger partial charge is 0.212 e. The molecule has 1 saturated carbocycles. The maximum absolute atomic E-state index is 12.1. The standard InChI is InChI=1S/C10H18N2O2S/c1-9(8-11)12(2)15(13,14)10-6-4-3-5-7-10/h9-10H,3-7H2,1-2H3.